The summed E-state index contributed by atoms with van der Waals surface area (Å²) < 4.78 is 4.56. The number of amides is 1. The number of hydrogen-bond donors (Lipinski definition) is 1. The monoisotopic (exact) mass is 208 g/mol. The zero-order valence-electron chi connectivity index (χ0n) is 7.27. The third-order valence-electron chi connectivity index (χ3n) is 1.70. The Bertz CT molecular complexity index is 394. The second-order valence-electron chi connectivity index (χ2n) is 2.68. The topological polar surface area (TPSA) is 55.1 Å². The summed E-state index contributed by atoms with van der Waals surface area (Å²) in [6.07, 6.45) is 2.72. The molecule has 0 aromatic carbocycles. The largest absolute Gasteiger partial charge is 0.364 e. The summed E-state index contributed by atoms with van der Waals surface area (Å²) in [6.45, 7) is 0.543. The number of aromatic nitrogens is 1. The molecule has 1 amide bonds. The van der Waals surface area contributed by atoms with Crippen molar-refractivity contribution >= 4 is 17.2 Å². The molecule has 0 atom stereocenters. The molecule has 0 bridgehead atoms. The third kappa shape index (κ3) is 2.00. The second-order valence-corrected chi connectivity index (χ2v) is 3.71. The van der Waals surface area contributed by atoms with E-state index in [0.29, 0.717) is 12.1 Å². The van der Waals surface area contributed by atoms with Crippen molar-refractivity contribution in [1.82, 2.24) is 10.5 Å². The zero-order chi connectivity index (χ0) is 9.80. The van der Waals surface area contributed by atoms with Gasteiger partial charge in [0.05, 0.1) is 18.3 Å². The fourth-order valence-electron chi connectivity index (χ4n) is 1.000. The minimum Gasteiger partial charge on any atom is -0.364 e. The lowest BCUT2D eigenvalue weighted by Gasteiger charge is -1.99. The van der Waals surface area contributed by atoms with E-state index in [-0.39, 0.29) is 5.91 Å². The summed E-state index contributed by atoms with van der Waals surface area (Å²) in [7, 11) is 0. The van der Waals surface area contributed by atoms with Gasteiger partial charge in [-0.3, -0.25) is 4.79 Å². The van der Waals surface area contributed by atoms with E-state index in [1.807, 2.05) is 17.5 Å². The SMILES string of the molecule is O=C(NCc1cccs1)c1cnoc1. The Labute approximate surface area is 84.5 Å². The highest BCUT2D eigenvalue weighted by atomic mass is 32.1. The van der Waals surface area contributed by atoms with Crippen LogP contribution in [-0.2, 0) is 6.54 Å². The Morgan fingerprint density at radius 2 is 2.57 bits per heavy atom. The van der Waals surface area contributed by atoms with Crippen molar-refractivity contribution in [2.24, 2.45) is 0 Å². The van der Waals surface area contributed by atoms with Crippen molar-refractivity contribution in [3.8, 4) is 0 Å². The molecule has 2 rings (SSSR count). The smallest absolute Gasteiger partial charge is 0.256 e. The van der Waals surface area contributed by atoms with Crippen molar-refractivity contribution < 1.29 is 9.32 Å². The maximum atomic E-state index is 11.4. The first-order chi connectivity index (χ1) is 6.86. The van der Waals surface area contributed by atoms with Crippen molar-refractivity contribution in [2.75, 3.05) is 0 Å². The number of nitrogens with zero attached hydrogens (tertiary/aromatic N) is 1. The van der Waals surface area contributed by atoms with Crippen molar-refractivity contribution in [3.63, 3.8) is 0 Å². The molecule has 4 nitrogen and oxygen atoms in total. The van der Waals surface area contributed by atoms with E-state index in [2.05, 4.69) is 15.0 Å². The molecule has 14 heavy (non-hydrogen) atoms. The van der Waals surface area contributed by atoms with E-state index in [1.165, 1.54) is 12.5 Å². The van der Waals surface area contributed by atoms with Crippen LogP contribution in [0, 0.1) is 0 Å². The van der Waals surface area contributed by atoms with E-state index >= 15 is 0 Å². The normalized spacial score (nSPS) is 10.0. The Balaban J connectivity index is 1.90. The summed E-state index contributed by atoms with van der Waals surface area (Å²) >= 11 is 1.61. The summed E-state index contributed by atoms with van der Waals surface area (Å²) in [6, 6.07) is 3.92. The van der Waals surface area contributed by atoms with Gasteiger partial charge in [-0.2, -0.15) is 0 Å². The maximum absolute atomic E-state index is 11.4. The lowest BCUT2D eigenvalue weighted by Crippen LogP contribution is -2.21. The number of rotatable bonds is 3. The van der Waals surface area contributed by atoms with E-state index in [1.54, 1.807) is 11.3 Å². The van der Waals surface area contributed by atoms with Crippen LogP contribution in [-0.4, -0.2) is 11.1 Å². The van der Waals surface area contributed by atoms with Gasteiger partial charge in [0, 0.05) is 4.88 Å². The Kier molecular flexibility index (Phi) is 2.60. The molecule has 0 aliphatic heterocycles. The number of carbonyl (C=O) groups is 1. The molecular weight excluding hydrogens is 200 g/mol. The zero-order valence-corrected chi connectivity index (χ0v) is 8.08. The van der Waals surface area contributed by atoms with E-state index in [0.717, 1.165) is 4.88 Å². The Hall–Kier alpha value is -1.62. The van der Waals surface area contributed by atoms with Gasteiger partial charge in [0.15, 0.2) is 0 Å². The van der Waals surface area contributed by atoms with Gasteiger partial charge in [-0.05, 0) is 11.4 Å². The Morgan fingerprint density at radius 3 is 3.21 bits per heavy atom. The fraction of sp³-hybridized carbons (Fsp3) is 0.111. The number of nitrogens with one attached hydrogen (secondary N) is 1. The lowest BCUT2D eigenvalue weighted by atomic mass is 10.3. The van der Waals surface area contributed by atoms with E-state index in [9.17, 15) is 4.79 Å². The summed E-state index contributed by atoms with van der Waals surface area (Å²) in [4.78, 5) is 12.5. The fourth-order valence-corrected chi connectivity index (χ4v) is 1.64. The second kappa shape index (κ2) is 4.06. The van der Waals surface area contributed by atoms with Crippen LogP contribution in [0.4, 0.5) is 0 Å². The third-order valence-corrected chi connectivity index (χ3v) is 2.57. The molecule has 2 aromatic rings. The average molecular weight is 208 g/mol. The molecule has 2 heterocycles. The molecule has 0 aliphatic rings. The van der Waals surface area contributed by atoms with Crippen molar-refractivity contribution in [3.05, 3.63) is 40.4 Å². The first-order valence-corrected chi connectivity index (χ1v) is 4.94. The van der Waals surface area contributed by atoms with Crippen LogP contribution in [0.2, 0.25) is 0 Å². The standard InChI is InChI=1S/C9H8N2O2S/c12-9(7-4-11-13-6-7)10-5-8-2-1-3-14-8/h1-4,6H,5H2,(H,10,12). The molecule has 0 spiro atoms. The van der Waals surface area contributed by atoms with Crippen LogP contribution in [0.15, 0.2) is 34.5 Å². The molecule has 72 valence electrons. The predicted octanol–water partition coefficient (Wildman–Crippen LogP) is 1.67. The van der Waals surface area contributed by atoms with Gasteiger partial charge in [0.25, 0.3) is 5.91 Å². The van der Waals surface area contributed by atoms with Gasteiger partial charge in [-0.15, -0.1) is 11.3 Å². The molecule has 0 radical (unpaired) electrons. The van der Waals surface area contributed by atoms with Gasteiger partial charge in [-0.25, -0.2) is 0 Å². The minimum absolute atomic E-state index is 0.167. The molecule has 2 aromatic heterocycles. The molecule has 0 saturated heterocycles. The molecule has 0 saturated carbocycles. The van der Waals surface area contributed by atoms with Crippen LogP contribution in [0.1, 0.15) is 15.2 Å². The van der Waals surface area contributed by atoms with Crippen LogP contribution in [0.5, 0.6) is 0 Å². The number of carbonyl (C=O) groups excluding carboxylic acids is 1. The van der Waals surface area contributed by atoms with E-state index in [4.69, 9.17) is 0 Å². The van der Waals surface area contributed by atoms with Gasteiger partial charge in [0.2, 0.25) is 0 Å². The van der Waals surface area contributed by atoms with Crippen LogP contribution >= 0.6 is 11.3 Å². The van der Waals surface area contributed by atoms with Crippen LogP contribution < -0.4 is 5.32 Å². The first-order valence-electron chi connectivity index (χ1n) is 4.06. The maximum Gasteiger partial charge on any atom is 0.256 e. The van der Waals surface area contributed by atoms with Crippen molar-refractivity contribution in [2.45, 2.75) is 6.54 Å². The highest BCUT2D eigenvalue weighted by molar-refractivity contribution is 7.09. The van der Waals surface area contributed by atoms with E-state index < -0.39 is 0 Å². The summed E-state index contributed by atoms with van der Waals surface area (Å²) in [5.41, 5.74) is 0.446. The van der Waals surface area contributed by atoms with Gasteiger partial charge in [-0.1, -0.05) is 11.2 Å². The molecule has 1 N–H and O–H groups in total. The highest BCUT2D eigenvalue weighted by Crippen LogP contribution is 2.07. The summed E-state index contributed by atoms with van der Waals surface area (Å²) in [5, 5.41) is 8.19. The Morgan fingerprint density at radius 1 is 1.64 bits per heavy atom. The van der Waals surface area contributed by atoms with Gasteiger partial charge < -0.3 is 9.84 Å². The molecular formula is C9H8N2O2S. The van der Waals surface area contributed by atoms with Crippen LogP contribution in [0.25, 0.3) is 0 Å². The van der Waals surface area contributed by atoms with Gasteiger partial charge in [0.1, 0.15) is 6.26 Å². The first kappa shape index (κ1) is 8.96. The molecule has 0 aliphatic carbocycles. The number of thiophene rings is 1. The number of hydrogen-bond acceptors (Lipinski definition) is 4. The molecule has 5 heteroatoms. The highest BCUT2D eigenvalue weighted by Gasteiger charge is 2.06. The molecule has 0 fully saturated rings. The lowest BCUT2D eigenvalue weighted by molar-refractivity contribution is 0.0950. The molecule has 0 unspecified atom stereocenters. The van der Waals surface area contributed by atoms with Gasteiger partial charge >= 0.3 is 0 Å². The van der Waals surface area contributed by atoms with Crippen molar-refractivity contribution in [1.29, 1.82) is 0 Å². The predicted molar refractivity (Wildman–Crippen MR) is 52.0 cm³/mol. The quantitative estimate of drug-likeness (QED) is 0.834. The summed E-state index contributed by atoms with van der Waals surface area (Å²) in [5.74, 6) is -0.167. The van der Waals surface area contributed by atoms with Crippen LogP contribution in [0.3, 0.4) is 0 Å². The minimum atomic E-state index is -0.167. The average Bonchev–Trinajstić information content (AvgIpc) is 2.87.